The fraction of sp³-hybridized carbons (Fsp3) is 0.0526. The smallest absolute Gasteiger partial charge is 0.118 e. The molecule has 0 aliphatic carbocycles. The van der Waals surface area contributed by atoms with E-state index in [1.165, 1.54) is 0 Å². The number of oxime groups is 1. The third-order valence-corrected chi connectivity index (χ3v) is 3.99. The zero-order chi connectivity index (χ0) is 16.9. The summed E-state index contributed by atoms with van der Waals surface area (Å²) in [5, 5.41) is 16.7. The van der Waals surface area contributed by atoms with Crippen molar-refractivity contribution in [3.05, 3.63) is 88.7 Å². The zero-order valence-corrected chi connectivity index (χ0v) is 13.8. The van der Waals surface area contributed by atoms with Gasteiger partial charge in [0, 0.05) is 23.0 Å². The number of aromatic nitrogens is 1. The molecule has 0 atom stereocenters. The lowest BCUT2D eigenvalue weighted by atomic mass is 9.98. The highest BCUT2D eigenvalue weighted by Crippen LogP contribution is 2.26. The maximum Gasteiger partial charge on any atom is 0.118 e. The number of aryl methyl sites for hydroxylation is 1. The Balaban J connectivity index is 1.93. The van der Waals surface area contributed by atoms with Crippen molar-refractivity contribution in [3.63, 3.8) is 0 Å². The summed E-state index contributed by atoms with van der Waals surface area (Å²) in [5.41, 5.74) is 4.68. The first-order valence-electron chi connectivity index (χ1n) is 7.44. The summed E-state index contributed by atoms with van der Waals surface area (Å²) in [5.74, 6) is 0. The van der Waals surface area contributed by atoms with Gasteiger partial charge in [0.15, 0.2) is 0 Å². The summed E-state index contributed by atoms with van der Waals surface area (Å²) in [6.45, 7) is 1.97. The lowest BCUT2D eigenvalue weighted by Crippen LogP contribution is -2.06. The first kappa shape index (κ1) is 16.0. The van der Waals surface area contributed by atoms with E-state index in [9.17, 15) is 5.21 Å². The van der Waals surface area contributed by atoms with E-state index in [0.29, 0.717) is 16.3 Å². The van der Waals surface area contributed by atoms with Crippen LogP contribution in [0.3, 0.4) is 0 Å². The molecule has 120 valence electrons. The average Bonchev–Trinajstić information content (AvgIpc) is 2.60. The molecule has 4 nitrogen and oxygen atoms in total. The minimum atomic E-state index is 0.450. The van der Waals surface area contributed by atoms with Crippen LogP contribution < -0.4 is 5.32 Å². The van der Waals surface area contributed by atoms with Crippen molar-refractivity contribution < 1.29 is 5.21 Å². The van der Waals surface area contributed by atoms with Gasteiger partial charge in [0.1, 0.15) is 5.71 Å². The summed E-state index contributed by atoms with van der Waals surface area (Å²) in [6, 6.07) is 17.0. The first-order valence-corrected chi connectivity index (χ1v) is 7.82. The quantitative estimate of drug-likeness (QED) is 0.399. The topological polar surface area (TPSA) is 57.5 Å². The highest BCUT2D eigenvalue weighted by molar-refractivity contribution is 6.35. The van der Waals surface area contributed by atoms with E-state index in [1.54, 1.807) is 18.5 Å². The van der Waals surface area contributed by atoms with Gasteiger partial charge in [0.2, 0.25) is 0 Å². The Hall–Kier alpha value is -2.85. The molecule has 1 aromatic heterocycles. The molecule has 0 aliphatic heterocycles. The number of hydrogen-bond donors (Lipinski definition) is 2. The SMILES string of the molecule is Cc1ccccc1/C(=N/O)c1ccc(Nc2cccnc2)cc1Cl. The molecule has 0 spiro atoms. The summed E-state index contributed by atoms with van der Waals surface area (Å²) >= 11 is 6.42. The van der Waals surface area contributed by atoms with Crippen LogP contribution in [0, 0.1) is 6.92 Å². The second-order valence-electron chi connectivity index (χ2n) is 5.32. The van der Waals surface area contributed by atoms with Crippen LogP contribution in [0.4, 0.5) is 11.4 Å². The minimum absolute atomic E-state index is 0.450. The van der Waals surface area contributed by atoms with Gasteiger partial charge in [0.25, 0.3) is 0 Å². The van der Waals surface area contributed by atoms with Crippen molar-refractivity contribution in [2.75, 3.05) is 5.32 Å². The Morgan fingerprint density at radius 3 is 2.54 bits per heavy atom. The fourth-order valence-electron chi connectivity index (χ4n) is 2.48. The van der Waals surface area contributed by atoms with Gasteiger partial charge in [-0.05, 0) is 42.8 Å². The van der Waals surface area contributed by atoms with Crippen molar-refractivity contribution in [2.24, 2.45) is 5.16 Å². The van der Waals surface area contributed by atoms with Gasteiger partial charge in [-0.2, -0.15) is 0 Å². The van der Waals surface area contributed by atoms with E-state index in [1.807, 2.05) is 55.5 Å². The molecule has 24 heavy (non-hydrogen) atoms. The van der Waals surface area contributed by atoms with Gasteiger partial charge in [0.05, 0.1) is 16.9 Å². The summed E-state index contributed by atoms with van der Waals surface area (Å²) in [6.07, 6.45) is 3.45. The highest BCUT2D eigenvalue weighted by atomic mass is 35.5. The van der Waals surface area contributed by atoms with Gasteiger partial charge in [-0.15, -0.1) is 0 Å². The molecule has 0 bridgehead atoms. The molecule has 0 fully saturated rings. The van der Waals surface area contributed by atoms with Crippen LogP contribution in [0.1, 0.15) is 16.7 Å². The lowest BCUT2D eigenvalue weighted by molar-refractivity contribution is 0.319. The fourth-order valence-corrected chi connectivity index (χ4v) is 2.75. The van der Waals surface area contributed by atoms with Gasteiger partial charge in [-0.25, -0.2) is 0 Å². The maximum absolute atomic E-state index is 9.49. The third kappa shape index (κ3) is 3.39. The summed E-state index contributed by atoms with van der Waals surface area (Å²) in [7, 11) is 0. The van der Waals surface area contributed by atoms with Crippen LogP contribution in [0.2, 0.25) is 5.02 Å². The number of nitrogens with one attached hydrogen (secondary N) is 1. The molecule has 1 heterocycles. The van der Waals surface area contributed by atoms with Crippen LogP contribution in [-0.4, -0.2) is 15.9 Å². The molecular weight excluding hydrogens is 322 g/mol. The first-order chi connectivity index (χ1) is 11.7. The van der Waals surface area contributed by atoms with Crippen LogP contribution in [0.5, 0.6) is 0 Å². The second-order valence-corrected chi connectivity index (χ2v) is 5.73. The molecule has 0 radical (unpaired) electrons. The minimum Gasteiger partial charge on any atom is -0.410 e. The number of hydrogen-bond acceptors (Lipinski definition) is 4. The molecule has 0 aliphatic rings. The average molecular weight is 338 g/mol. The van der Waals surface area contributed by atoms with Gasteiger partial charge >= 0.3 is 0 Å². The van der Waals surface area contributed by atoms with Crippen LogP contribution >= 0.6 is 11.6 Å². The molecular formula is C19H16ClN3O. The van der Waals surface area contributed by atoms with E-state index in [4.69, 9.17) is 11.6 Å². The van der Waals surface area contributed by atoms with Crippen molar-refractivity contribution in [1.82, 2.24) is 4.98 Å². The zero-order valence-electron chi connectivity index (χ0n) is 13.1. The maximum atomic E-state index is 9.49. The Morgan fingerprint density at radius 1 is 1.04 bits per heavy atom. The number of halogens is 1. The Labute approximate surface area is 145 Å². The predicted octanol–water partition coefficient (Wildman–Crippen LogP) is 5.01. The highest BCUT2D eigenvalue weighted by Gasteiger charge is 2.14. The second kappa shape index (κ2) is 7.15. The van der Waals surface area contributed by atoms with Crippen molar-refractivity contribution >= 4 is 28.7 Å². The van der Waals surface area contributed by atoms with E-state index >= 15 is 0 Å². The van der Waals surface area contributed by atoms with E-state index < -0.39 is 0 Å². The molecule has 0 amide bonds. The number of rotatable bonds is 4. The normalized spacial score (nSPS) is 11.3. The number of benzene rings is 2. The molecule has 5 heteroatoms. The summed E-state index contributed by atoms with van der Waals surface area (Å²) in [4.78, 5) is 4.06. The van der Waals surface area contributed by atoms with Crippen LogP contribution in [0.15, 0.2) is 72.1 Å². The Kier molecular flexibility index (Phi) is 4.77. The summed E-state index contributed by atoms with van der Waals surface area (Å²) < 4.78 is 0. The van der Waals surface area contributed by atoms with Gasteiger partial charge in [-0.3, -0.25) is 4.98 Å². The number of anilines is 2. The number of nitrogens with zero attached hydrogens (tertiary/aromatic N) is 2. The third-order valence-electron chi connectivity index (χ3n) is 3.67. The molecule has 2 aromatic carbocycles. The molecule has 2 N–H and O–H groups in total. The Morgan fingerprint density at radius 2 is 1.88 bits per heavy atom. The largest absolute Gasteiger partial charge is 0.410 e. The number of pyridine rings is 1. The standard InChI is InChI=1S/C19H16ClN3O/c1-13-5-2-3-7-16(13)19(23-24)17-9-8-14(11-18(17)20)22-15-6-4-10-21-12-15/h2-12,22,24H,1H3/b23-19-. The molecule has 0 saturated carbocycles. The van der Waals surface area contributed by atoms with Crippen molar-refractivity contribution in [3.8, 4) is 0 Å². The van der Waals surface area contributed by atoms with Crippen LogP contribution in [0.25, 0.3) is 0 Å². The Bertz CT molecular complexity index is 879. The van der Waals surface area contributed by atoms with E-state index in [-0.39, 0.29) is 0 Å². The monoisotopic (exact) mass is 337 g/mol. The molecule has 0 unspecified atom stereocenters. The molecule has 3 aromatic rings. The van der Waals surface area contributed by atoms with Gasteiger partial charge < -0.3 is 10.5 Å². The lowest BCUT2D eigenvalue weighted by Gasteiger charge is -2.12. The van der Waals surface area contributed by atoms with Crippen LogP contribution in [-0.2, 0) is 0 Å². The van der Waals surface area contributed by atoms with Gasteiger partial charge in [-0.1, -0.05) is 41.0 Å². The van der Waals surface area contributed by atoms with Crippen molar-refractivity contribution in [2.45, 2.75) is 6.92 Å². The van der Waals surface area contributed by atoms with E-state index in [0.717, 1.165) is 22.5 Å². The molecule has 3 rings (SSSR count). The van der Waals surface area contributed by atoms with E-state index in [2.05, 4.69) is 15.5 Å². The predicted molar refractivity (Wildman–Crippen MR) is 97.6 cm³/mol. The molecule has 0 saturated heterocycles. The van der Waals surface area contributed by atoms with Crippen molar-refractivity contribution in [1.29, 1.82) is 0 Å².